The zero-order chi connectivity index (χ0) is 21.8. The Bertz CT molecular complexity index is 994. The van der Waals surface area contributed by atoms with E-state index in [9.17, 15) is 0 Å². The van der Waals surface area contributed by atoms with Crippen molar-refractivity contribution >= 4 is 28.9 Å². The lowest BCUT2D eigenvalue weighted by atomic mass is 10.00. The minimum Gasteiger partial charge on any atom is -0.375 e. The van der Waals surface area contributed by atoms with E-state index in [0.29, 0.717) is 0 Å². The molecule has 1 saturated heterocycles. The molecule has 0 spiro atoms. The highest BCUT2D eigenvalue weighted by atomic mass is 35.5. The second-order valence-corrected chi connectivity index (χ2v) is 8.95. The number of anilines is 1. The minimum atomic E-state index is 0.0431. The van der Waals surface area contributed by atoms with Crippen molar-refractivity contribution in [2.24, 2.45) is 0 Å². The highest BCUT2D eigenvalue weighted by molar-refractivity contribution is 6.33. The van der Waals surface area contributed by atoms with E-state index in [2.05, 4.69) is 65.3 Å². The third-order valence-electron chi connectivity index (χ3n) is 6.01. The van der Waals surface area contributed by atoms with Crippen LogP contribution in [0, 0.1) is 6.92 Å². The Morgan fingerprint density at radius 2 is 1.71 bits per heavy atom. The molecule has 2 atom stereocenters. The molecule has 1 aliphatic rings. The largest absolute Gasteiger partial charge is 0.375 e. The molecule has 1 aliphatic heterocycles. The molecular weight excluding hydrogens is 427 g/mol. The van der Waals surface area contributed by atoms with Crippen molar-refractivity contribution in [3.8, 4) is 0 Å². The molecule has 0 N–H and O–H groups in total. The lowest BCUT2D eigenvalue weighted by Gasteiger charge is -2.44. The Hall–Kier alpha value is -2.04. The van der Waals surface area contributed by atoms with Gasteiger partial charge in [0.25, 0.3) is 0 Å². The van der Waals surface area contributed by atoms with Gasteiger partial charge in [-0.25, -0.2) is 0 Å². The average Bonchev–Trinajstić information content (AvgIpc) is 2.79. The van der Waals surface area contributed by atoms with Crippen molar-refractivity contribution in [2.45, 2.75) is 19.1 Å². The molecule has 1 fully saturated rings. The molecule has 0 unspecified atom stereocenters. The van der Waals surface area contributed by atoms with Gasteiger partial charge < -0.3 is 9.64 Å². The van der Waals surface area contributed by atoms with Crippen LogP contribution < -0.4 is 4.90 Å². The van der Waals surface area contributed by atoms with Crippen LogP contribution in [0.3, 0.4) is 0 Å². The maximum absolute atomic E-state index is 6.67. The highest BCUT2D eigenvalue weighted by Gasteiger charge is 2.31. The zero-order valence-corrected chi connectivity index (χ0v) is 19.5. The number of piperazine rings is 1. The highest BCUT2D eigenvalue weighted by Crippen LogP contribution is 2.36. The van der Waals surface area contributed by atoms with E-state index in [1.54, 1.807) is 7.11 Å². The maximum atomic E-state index is 6.67. The number of ether oxygens (including phenoxy) is 1. The molecule has 162 valence electrons. The van der Waals surface area contributed by atoms with E-state index >= 15 is 0 Å². The monoisotopic (exact) mass is 454 g/mol. The van der Waals surface area contributed by atoms with Crippen molar-refractivity contribution in [2.75, 3.05) is 38.2 Å². The second-order valence-electron chi connectivity index (χ2n) is 8.11. The van der Waals surface area contributed by atoms with Crippen LogP contribution in [0.15, 0.2) is 72.8 Å². The molecule has 1 heterocycles. The predicted molar refractivity (Wildman–Crippen MR) is 130 cm³/mol. The molecule has 4 rings (SSSR count). The lowest BCUT2D eigenvalue weighted by Crippen LogP contribution is -2.49. The van der Waals surface area contributed by atoms with E-state index in [0.717, 1.165) is 41.9 Å². The normalized spacial score (nSPS) is 18.2. The lowest BCUT2D eigenvalue weighted by molar-refractivity contribution is 0.0566. The van der Waals surface area contributed by atoms with Crippen molar-refractivity contribution in [1.29, 1.82) is 0 Å². The summed E-state index contributed by atoms with van der Waals surface area (Å²) in [5.41, 5.74) is 4.69. The van der Waals surface area contributed by atoms with Gasteiger partial charge in [0.05, 0.1) is 22.9 Å². The molecule has 0 amide bonds. The van der Waals surface area contributed by atoms with E-state index < -0.39 is 0 Å². The minimum absolute atomic E-state index is 0.0431. The number of nitrogens with zero attached hydrogens (tertiary/aromatic N) is 2. The van der Waals surface area contributed by atoms with E-state index in [1.165, 1.54) is 16.7 Å². The summed E-state index contributed by atoms with van der Waals surface area (Å²) in [5.74, 6) is 0. The van der Waals surface area contributed by atoms with E-state index in [-0.39, 0.29) is 12.1 Å². The third kappa shape index (κ3) is 5.24. The summed E-state index contributed by atoms with van der Waals surface area (Å²) in [6.07, 6.45) is 0.0431. The van der Waals surface area contributed by atoms with Gasteiger partial charge in [-0.1, -0.05) is 71.7 Å². The fourth-order valence-electron chi connectivity index (χ4n) is 4.33. The first-order valence-corrected chi connectivity index (χ1v) is 11.4. The van der Waals surface area contributed by atoms with Crippen LogP contribution in [0.5, 0.6) is 0 Å². The Kier molecular flexibility index (Phi) is 7.19. The molecule has 3 aromatic carbocycles. The average molecular weight is 455 g/mol. The van der Waals surface area contributed by atoms with Gasteiger partial charge in [0.2, 0.25) is 0 Å². The van der Waals surface area contributed by atoms with Crippen molar-refractivity contribution in [3.63, 3.8) is 0 Å². The Labute approximate surface area is 195 Å². The van der Waals surface area contributed by atoms with Crippen LogP contribution in [0.25, 0.3) is 0 Å². The smallest absolute Gasteiger partial charge is 0.0947 e. The maximum Gasteiger partial charge on any atom is 0.0947 e. The standard InChI is InChI=1S/C26H28Cl2N2O/c1-19-8-13-24(23(28)16-19)30-15-14-29(17-25(30)20-9-11-22(27)12-10-20)18-26(31-2)21-6-4-3-5-7-21/h3-13,16,25-26H,14-15,17-18H2,1-2H3/t25-,26-/m0/s1. The van der Waals surface area contributed by atoms with Gasteiger partial charge in [-0.15, -0.1) is 0 Å². The Balaban J connectivity index is 1.60. The molecule has 0 saturated carbocycles. The van der Waals surface area contributed by atoms with Crippen molar-refractivity contribution < 1.29 is 4.74 Å². The third-order valence-corrected chi connectivity index (χ3v) is 6.57. The summed E-state index contributed by atoms with van der Waals surface area (Å²) in [6, 6.07) is 25.1. The number of hydrogen-bond donors (Lipinski definition) is 0. The molecule has 3 aromatic rings. The predicted octanol–water partition coefficient (Wildman–Crippen LogP) is 6.55. The molecule has 0 aromatic heterocycles. The zero-order valence-electron chi connectivity index (χ0n) is 18.0. The van der Waals surface area contributed by atoms with Crippen LogP contribution in [-0.2, 0) is 4.74 Å². The van der Waals surface area contributed by atoms with Crippen LogP contribution in [-0.4, -0.2) is 38.2 Å². The van der Waals surface area contributed by atoms with Crippen LogP contribution >= 0.6 is 23.2 Å². The topological polar surface area (TPSA) is 15.7 Å². The van der Waals surface area contributed by atoms with Gasteiger partial charge in [-0.2, -0.15) is 0 Å². The summed E-state index contributed by atoms with van der Waals surface area (Å²) in [6.45, 7) is 5.64. The second kappa shape index (κ2) is 10.1. The van der Waals surface area contributed by atoms with Gasteiger partial charge in [-0.05, 0) is 47.9 Å². The van der Waals surface area contributed by atoms with Gasteiger partial charge in [-0.3, -0.25) is 4.90 Å². The van der Waals surface area contributed by atoms with Crippen LogP contribution in [0.4, 0.5) is 5.69 Å². The van der Waals surface area contributed by atoms with E-state index in [4.69, 9.17) is 27.9 Å². The summed E-state index contributed by atoms with van der Waals surface area (Å²) in [4.78, 5) is 4.91. The van der Waals surface area contributed by atoms with Crippen molar-refractivity contribution in [1.82, 2.24) is 4.90 Å². The Morgan fingerprint density at radius 1 is 0.968 bits per heavy atom. The van der Waals surface area contributed by atoms with Gasteiger partial charge in [0.1, 0.15) is 0 Å². The first-order valence-electron chi connectivity index (χ1n) is 10.6. The number of benzene rings is 3. The molecule has 3 nitrogen and oxygen atoms in total. The molecular formula is C26H28Cl2N2O. The summed E-state index contributed by atoms with van der Waals surface area (Å²) >= 11 is 12.8. The molecule has 31 heavy (non-hydrogen) atoms. The van der Waals surface area contributed by atoms with Crippen LogP contribution in [0.2, 0.25) is 10.0 Å². The number of hydrogen-bond acceptors (Lipinski definition) is 3. The van der Waals surface area contributed by atoms with Gasteiger partial charge in [0.15, 0.2) is 0 Å². The molecule has 0 aliphatic carbocycles. The first kappa shape index (κ1) is 22.2. The Morgan fingerprint density at radius 3 is 2.39 bits per heavy atom. The number of rotatable bonds is 6. The fraction of sp³-hybridized carbons (Fsp3) is 0.308. The van der Waals surface area contributed by atoms with Gasteiger partial charge in [0, 0.05) is 38.3 Å². The van der Waals surface area contributed by atoms with Gasteiger partial charge >= 0.3 is 0 Å². The summed E-state index contributed by atoms with van der Waals surface area (Å²) in [5, 5.41) is 1.55. The first-order chi connectivity index (χ1) is 15.0. The van der Waals surface area contributed by atoms with Crippen LogP contribution in [0.1, 0.15) is 28.8 Å². The fourth-order valence-corrected chi connectivity index (χ4v) is 4.80. The molecule has 5 heteroatoms. The van der Waals surface area contributed by atoms with E-state index in [1.807, 2.05) is 24.3 Å². The summed E-state index contributed by atoms with van der Waals surface area (Å²) in [7, 11) is 1.79. The number of halogens is 2. The summed E-state index contributed by atoms with van der Waals surface area (Å²) < 4.78 is 5.85. The number of aryl methyl sites for hydroxylation is 1. The SMILES string of the molecule is CO[C@@H](CN1CCN(c2ccc(C)cc2Cl)[C@H](c2ccc(Cl)cc2)C1)c1ccccc1. The van der Waals surface area contributed by atoms with Crippen molar-refractivity contribution in [3.05, 3.63) is 99.5 Å². The molecule has 0 bridgehead atoms. The molecule has 0 radical (unpaired) electrons. The number of methoxy groups -OCH3 is 1. The quantitative estimate of drug-likeness (QED) is 0.419.